The summed E-state index contributed by atoms with van der Waals surface area (Å²) in [6.45, 7) is 3.80. The molecule has 0 saturated carbocycles. The lowest BCUT2D eigenvalue weighted by Gasteiger charge is -2.27. The van der Waals surface area contributed by atoms with Gasteiger partial charge in [-0.15, -0.1) is 0 Å². The van der Waals surface area contributed by atoms with Crippen LogP contribution < -0.4 is 10.6 Å². The first-order valence-electron chi connectivity index (χ1n) is 6.78. The molecule has 1 fully saturated rings. The molecule has 0 amide bonds. The topological polar surface area (TPSA) is 58.3 Å². The standard InChI is InChI=1S/C13H21N5/c1-17-6-4-12-10(9-17)8-15-13(16-12)18-5-2-3-11(18)7-14/h8,11H,2-7,9,14H2,1H3. The lowest BCUT2D eigenvalue weighted by Crippen LogP contribution is -2.37. The predicted molar refractivity (Wildman–Crippen MR) is 71.5 cm³/mol. The van der Waals surface area contributed by atoms with Crippen LogP contribution in [0.25, 0.3) is 0 Å². The third-order valence-electron chi connectivity index (χ3n) is 4.02. The molecular weight excluding hydrogens is 226 g/mol. The quantitative estimate of drug-likeness (QED) is 0.819. The highest BCUT2D eigenvalue weighted by Gasteiger charge is 2.26. The van der Waals surface area contributed by atoms with E-state index in [1.807, 2.05) is 6.20 Å². The van der Waals surface area contributed by atoms with Crippen LogP contribution in [0.5, 0.6) is 0 Å². The normalized spacial score (nSPS) is 24.3. The third kappa shape index (κ3) is 2.08. The van der Waals surface area contributed by atoms with Crippen LogP contribution in [-0.4, -0.2) is 47.6 Å². The largest absolute Gasteiger partial charge is 0.337 e. The molecule has 1 atom stereocenters. The van der Waals surface area contributed by atoms with Gasteiger partial charge in [0.05, 0.1) is 5.69 Å². The van der Waals surface area contributed by atoms with Gasteiger partial charge in [-0.1, -0.05) is 0 Å². The Balaban J connectivity index is 1.86. The maximum Gasteiger partial charge on any atom is 0.225 e. The molecule has 0 aliphatic carbocycles. The molecule has 5 heteroatoms. The molecule has 98 valence electrons. The van der Waals surface area contributed by atoms with Gasteiger partial charge in [0, 0.05) is 50.4 Å². The van der Waals surface area contributed by atoms with Crippen molar-refractivity contribution in [3.05, 3.63) is 17.5 Å². The van der Waals surface area contributed by atoms with Gasteiger partial charge in [-0.25, -0.2) is 9.97 Å². The lowest BCUT2D eigenvalue weighted by molar-refractivity contribution is 0.309. The van der Waals surface area contributed by atoms with Crippen LogP contribution >= 0.6 is 0 Å². The molecule has 1 unspecified atom stereocenters. The van der Waals surface area contributed by atoms with Crippen molar-refractivity contribution in [1.29, 1.82) is 0 Å². The van der Waals surface area contributed by atoms with Crippen molar-refractivity contribution in [2.75, 3.05) is 31.6 Å². The molecule has 2 aliphatic heterocycles. The van der Waals surface area contributed by atoms with Gasteiger partial charge in [0.1, 0.15) is 0 Å². The van der Waals surface area contributed by atoms with E-state index in [0.717, 1.165) is 32.0 Å². The molecule has 5 nitrogen and oxygen atoms in total. The number of anilines is 1. The van der Waals surface area contributed by atoms with Gasteiger partial charge in [0.2, 0.25) is 5.95 Å². The molecule has 2 N–H and O–H groups in total. The fraction of sp³-hybridized carbons (Fsp3) is 0.692. The minimum absolute atomic E-state index is 0.425. The van der Waals surface area contributed by atoms with Crippen LogP contribution in [0.2, 0.25) is 0 Å². The third-order valence-corrected chi connectivity index (χ3v) is 4.02. The predicted octanol–water partition coefficient (Wildman–Crippen LogP) is 0.392. The highest BCUT2D eigenvalue weighted by Crippen LogP contribution is 2.24. The van der Waals surface area contributed by atoms with Crippen molar-refractivity contribution in [3.8, 4) is 0 Å². The van der Waals surface area contributed by atoms with Crippen LogP contribution in [0.4, 0.5) is 5.95 Å². The van der Waals surface area contributed by atoms with Gasteiger partial charge in [-0.05, 0) is 19.9 Å². The summed E-state index contributed by atoms with van der Waals surface area (Å²) in [5.41, 5.74) is 8.31. The molecule has 3 heterocycles. The Hall–Kier alpha value is -1.20. The molecule has 0 bridgehead atoms. The summed E-state index contributed by atoms with van der Waals surface area (Å²) in [6, 6.07) is 0.425. The van der Waals surface area contributed by atoms with E-state index >= 15 is 0 Å². The van der Waals surface area contributed by atoms with E-state index in [2.05, 4.69) is 21.8 Å². The van der Waals surface area contributed by atoms with Crippen molar-refractivity contribution in [2.24, 2.45) is 5.73 Å². The number of hydrogen-bond acceptors (Lipinski definition) is 5. The fourth-order valence-corrected chi connectivity index (χ4v) is 2.93. The first-order valence-corrected chi connectivity index (χ1v) is 6.78. The van der Waals surface area contributed by atoms with E-state index in [1.54, 1.807) is 0 Å². The van der Waals surface area contributed by atoms with Crippen LogP contribution in [0.1, 0.15) is 24.1 Å². The number of fused-ring (bicyclic) bond motifs is 1. The first-order chi connectivity index (χ1) is 8.78. The van der Waals surface area contributed by atoms with Gasteiger partial charge >= 0.3 is 0 Å². The molecule has 0 radical (unpaired) electrons. The molecule has 18 heavy (non-hydrogen) atoms. The minimum Gasteiger partial charge on any atom is -0.337 e. The Kier molecular flexibility index (Phi) is 3.18. The Morgan fingerprint density at radius 3 is 3.17 bits per heavy atom. The summed E-state index contributed by atoms with van der Waals surface area (Å²) in [5, 5.41) is 0. The number of nitrogens with two attached hydrogens (primary N) is 1. The Labute approximate surface area is 108 Å². The van der Waals surface area contributed by atoms with Crippen LogP contribution in [0, 0.1) is 0 Å². The van der Waals surface area contributed by atoms with Gasteiger partial charge in [-0.2, -0.15) is 0 Å². The van der Waals surface area contributed by atoms with Crippen molar-refractivity contribution < 1.29 is 0 Å². The zero-order valence-corrected chi connectivity index (χ0v) is 11.0. The second-order valence-electron chi connectivity index (χ2n) is 5.35. The van der Waals surface area contributed by atoms with Gasteiger partial charge in [0.15, 0.2) is 0 Å². The van der Waals surface area contributed by atoms with E-state index in [0.29, 0.717) is 12.6 Å². The lowest BCUT2D eigenvalue weighted by atomic mass is 10.1. The number of rotatable bonds is 2. The zero-order valence-electron chi connectivity index (χ0n) is 11.0. The summed E-state index contributed by atoms with van der Waals surface area (Å²) in [4.78, 5) is 13.9. The zero-order chi connectivity index (χ0) is 12.5. The molecular formula is C13H21N5. The van der Waals surface area contributed by atoms with Crippen LogP contribution in [0.15, 0.2) is 6.20 Å². The number of hydrogen-bond donors (Lipinski definition) is 1. The second-order valence-corrected chi connectivity index (χ2v) is 5.35. The molecule has 0 aromatic carbocycles. The monoisotopic (exact) mass is 247 g/mol. The maximum atomic E-state index is 5.81. The van der Waals surface area contributed by atoms with E-state index in [1.165, 1.54) is 24.1 Å². The maximum absolute atomic E-state index is 5.81. The summed E-state index contributed by atoms with van der Waals surface area (Å²) >= 11 is 0. The fourth-order valence-electron chi connectivity index (χ4n) is 2.93. The van der Waals surface area contributed by atoms with Crippen molar-refractivity contribution in [2.45, 2.75) is 31.8 Å². The van der Waals surface area contributed by atoms with Crippen molar-refractivity contribution in [1.82, 2.24) is 14.9 Å². The molecule has 1 saturated heterocycles. The summed E-state index contributed by atoms with van der Waals surface area (Å²) in [6.07, 6.45) is 5.40. The Morgan fingerprint density at radius 1 is 1.44 bits per heavy atom. The molecule has 0 spiro atoms. The van der Waals surface area contributed by atoms with Crippen LogP contribution in [0.3, 0.4) is 0 Å². The second kappa shape index (κ2) is 4.82. The number of likely N-dealkylation sites (N-methyl/N-ethyl adjacent to an activating group) is 1. The van der Waals surface area contributed by atoms with Crippen molar-refractivity contribution >= 4 is 5.95 Å². The highest BCUT2D eigenvalue weighted by atomic mass is 15.3. The van der Waals surface area contributed by atoms with Crippen molar-refractivity contribution in [3.63, 3.8) is 0 Å². The van der Waals surface area contributed by atoms with Gasteiger partial charge in [0.25, 0.3) is 0 Å². The number of aromatic nitrogens is 2. The van der Waals surface area contributed by atoms with Gasteiger partial charge in [-0.3, -0.25) is 0 Å². The average molecular weight is 247 g/mol. The summed E-state index contributed by atoms with van der Waals surface area (Å²) < 4.78 is 0. The Bertz CT molecular complexity index is 433. The summed E-state index contributed by atoms with van der Waals surface area (Å²) in [7, 11) is 2.14. The Morgan fingerprint density at radius 2 is 2.33 bits per heavy atom. The van der Waals surface area contributed by atoms with E-state index < -0.39 is 0 Å². The van der Waals surface area contributed by atoms with Gasteiger partial charge < -0.3 is 15.5 Å². The molecule has 3 rings (SSSR count). The number of nitrogens with zero attached hydrogens (tertiary/aromatic N) is 4. The van der Waals surface area contributed by atoms with E-state index in [4.69, 9.17) is 10.7 Å². The molecule has 1 aromatic heterocycles. The molecule has 2 aliphatic rings. The van der Waals surface area contributed by atoms with E-state index in [9.17, 15) is 0 Å². The molecule has 1 aromatic rings. The average Bonchev–Trinajstić information content (AvgIpc) is 2.86. The van der Waals surface area contributed by atoms with Crippen LogP contribution in [-0.2, 0) is 13.0 Å². The summed E-state index contributed by atoms with van der Waals surface area (Å²) in [5.74, 6) is 0.881. The first kappa shape index (κ1) is 11.9. The smallest absolute Gasteiger partial charge is 0.225 e. The van der Waals surface area contributed by atoms with E-state index in [-0.39, 0.29) is 0 Å². The minimum atomic E-state index is 0.425. The highest BCUT2D eigenvalue weighted by molar-refractivity contribution is 5.37. The SMILES string of the molecule is CN1CCc2nc(N3CCCC3CN)ncc2C1.